The molecule has 4 aliphatic rings. The van der Waals surface area contributed by atoms with E-state index in [0.717, 1.165) is 35.5 Å². The summed E-state index contributed by atoms with van der Waals surface area (Å²) in [5.74, 6) is 5.43. The summed E-state index contributed by atoms with van der Waals surface area (Å²) in [5.41, 5.74) is 8.33. The van der Waals surface area contributed by atoms with Crippen LogP contribution in [0.4, 0.5) is 0 Å². The number of aliphatic hydroxyl groups is 1. The lowest BCUT2D eigenvalue weighted by atomic mass is 9.47. The van der Waals surface area contributed by atoms with Crippen LogP contribution in [0.3, 0.4) is 0 Å². The quantitative estimate of drug-likeness (QED) is 0.355. The van der Waals surface area contributed by atoms with Crippen LogP contribution in [-0.2, 0) is 0 Å². The van der Waals surface area contributed by atoms with Gasteiger partial charge >= 0.3 is 0 Å². The van der Waals surface area contributed by atoms with Gasteiger partial charge in [-0.05, 0) is 97.7 Å². The summed E-state index contributed by atoms with van der Waals surface area (Å²) in [5, 5.41) is 13.5. The van der Waals surface area contributed by atoms with E-state index in [2.05, 4.69) is 46.0 Å². The van der Waals surface area contributed by atoms with Crippen molar-refractivity contribution in [3.8, 4) is 0 Å². The van der Waals surface area contributed by atoms with E-state index in [1.54, 1.807) is 5.57 Å². The number of rotatable bonds is 9. The van der Waals surface area contributed by atoms with E-state index in [1.807, 2.05) is 0 Å². The third kappa shape index (κ3) is 4.98. The van der Waals surface area contributed by atoms with E-state index in [4.69, 9.17) is 5.73 Å². The second-order valence-electron chi connectivity index (χ2n) is 13.5. The molecule has 0 spiro atoms. The highest BCUT2D eigenvalue weighted by Crippen LogP contribution is 2.67. The highest BCUT2D eigenvalue weighted by atomic mass is 16.3. The van der Waals surface area contributed by atoms with Crippen LogP contribution >= 0.6 is 0 Å². The second kappa shape index (κ2) is 10.3. The van der Waals surface area contributed by atoms with Crippen LogP contribution in [0.2, 0.25) is 0 Å². The van der Waals surface area contributed by atoms with E-state index < -0.39 is 6.10 Å². The maximum absolute atomic E-state index is 9.87. The fraction of sp³-hybridized carbons (Fsp3) is 0.933. The van der Waals surface area contributed by atoms with Gasteiger partial charge in [0.1, 0.15) is 0 Å². The fourth-order valence-corrected chi connectivity index (χ4v) is 9.25. The standard InChI is InChI=1S/C30H54N2O/c1-20(2)7-6-8-21(3)26-11-12-27-25-10-9-22-17-23(32-19-24(33)18-31)13-15-29(22,4)28(25)14-16-30(26,27)5/h9,20-21,23-28,32-33H,6-8,10-19,31H2,1-5H3. The van der Waals surface area contributed by atoms with E-state index in [-0.39, 0.29) is 0 Å². The summed E-state index contributed by atoms with van der Waals surface area (Å²) in [4.78, 5) is 0. The van der Waals surface area contributed by atoms with Crippen molar-refractivity contribution in [1.82, 2.24) is 5.32 Å². The van der Waals surface area contributed by atoms with Gasteiger partial charge in [0.2, 0.25) is 0 Å². The topological polar surface area (TPSA) is 58.3 Å². The summed E-state index contributed by atoms with van der Waals surface area (Å²) < 4.78 is 0. The fourth-order valence-electron chi connectivity index (χ4n) is 9.25. The Kier molecular flexibility index (Phi) is 8.03. The molecule has 0 aromatic heterocycles. The van der Waals surface area contributed by atoms with Gasteiger partial charge < -0.3 is 16.2 Å². The minimum absolute atomic E-state index is 0.349. The zero-order valence-corrected chi connectivity index (χ0v) is 22.4. The zero-order valence-electron chi connectivity index (χ0n) is 22.4. The normalized spacial score (nSPS) is 42.3. The highest BCUT2D eigenvalue weighted by molar-refractivity contribution is 5.26. The lowest BCUT2D eigenvalue weighted by Gasteiger charge is -2.58. The molecule has 4 rings (SSSR count). The van der Waals surface area contributed by atoms with Gasteiger partial charge in [0.15, 0.2) is 0 Å². The molecule has 3 saturated carbocycles. The molecule has 0 bridgehead atoms. The number of hydrogen-bond donors (Lipinski definition) is 3. The van der Waals surface area contributed by atoms with Crippen molar-refractivity contribution in [3.63, 3.8) is 0 Å². The summed E-state index contributed by atoms with van der Waals surface area (Å²) in [6, 6.07) is 0.512. The number of allylic oxidation sites excluding steroid dienone is 1. The Morgan fingerprint density at radius 1 is 1.06 bits per heavy atom. The van der Waals surface area contributed by atoms with Crippen LogP contribution in [0, 0.1) is 46.3 Å². The number of aliphatic hydroxyl groups excluding tert-OH is 1. The molecular weight excluding hydrogens is 404 g/mol. The lowest BCUT2D eigenvalue weighted by Crippen LogP contribution is -2.52. The monoisotopic (exact) mass is 458 g/mol. The molecule has 0 aromatic rings. The molecule has 190 valence electrons. The van der Waals surface area contributed by atoms with Gasteiger partial charge in [0, 0.05) is 19.1 Å². The summed E-state index contributed by atoms with van der Waals surface area (Å²) in [7, 11) is 0. The Morgan fingerprint density at radius 3 is 2.58 bits per heavy atom. The minimum atomic E-state index is -0.415. The van der Waals surface area contributed by atoms with Gasteiger partial charge in [-0.15, -0.1) is 0 Å². The van der Waals surface area contributed by atoms with Crippen LogP contribution in [0.5, 0.6) is 0 Å². The van der Waals surface area contributed by atoms with E-state index >= 15 is 0 Å². The van der Waals surface area contributed by atoms with Crippen molar-refractivity contribution in [2.75, 3.05) is 13.1 Å². The number of fused-ring (bicyclic) bond motifs is 5. The Balaban J connectivity index is 1.42. The molecule has 33 heavy (non-hydrogen) atoms. The van der Waals surface area contributed by atoms with Gasteiger partial charge in [-0.2, -0.15) is 0 Å². The highest BCUT2D eigenvalue weighted by Gasteiger charge is 2.59. The molecule has 0 saturated heterocycles. The Morgan fingerprint density at radius 2 is 1.85 bits per heavy atom. The van der Waals surface area contributed by atoms with E-state index in [9.17, 15) is 5.11 Å². The molecule has 0 heterocycles. The van der Waals surface area contributed by atoms with E-state index in [1.165, 1.54) is 70.6 Å². The molecule has 0 aromatic carbocycles. The first kappa shape index (κ1) is 25.7. The second-order valence-corrected chi connectivity index (χ2v) is 13.5. The van der Waals surface area contributed by atoms with Crippen LogP contribution in [0.25, 0.3) is 0 Å². The molecular formula is C30H54N2O. The molecule has 4 N–H and O–H groups in total. The molecule has 0 radical (unpaired) electrons. The SMILES string of the molecule is CC(C)CCCC(C)C1CCC2C3CC=C4CC(NCC(O)CN)CCC4(C)C3CCC12C. The summed E-state index contributed by atoms with van der Waals surface area (Å²) in [6.45, 7) is 13.6. The Labute approximate surface area is 204 Å². The first-order chi connectivity index (χ1) is 15.7. The maximum Gasteiger partial charge on any atom is 0.0786 e. The Hall–Kier alpha value is -0.380. The van der Waals surface area contributed by atoms with Crippen LogP contribution in [0.15, 0.2) is 11.6 Å². The number of hydrogen-bond acceptors (Lipinski definition) is 3. The molecule has 9 unspecified atom stereocenters. The van der Waals surface area contributed by atoms with Crippen molar-refractivity contribution < 1.29 is 5.11 Å². The van der Waals surface area contributed by atoms with Crippen molar-refractivity contribution >= 4 is 0 Å². The zero-order chi connectivity index (χ0) is 23.8. The average molecular weight is 459 g/mol. The molecule has 0 amide bonds. The van der Waals surface area contributed by atoms with Gasteiger partial charge in [-0.3, -0.25) is 0 Å². The predicted octanol–water partition coefficient (Wildman–Crippen LogP) is 6.31. The average Bonchev–Trinajstić information content (AvgIpc) is 3.14. The third-order valence-electron chi connectivity index (χ3n) is 11.2. The van der Waals surface area contributed by atoms with Gasteiger partial charge in [-0.25, -0.2) is 0 Å². The summed E-state index contributed by atoms with van der Waals surface area (Å²) in [6.07, 6.45) is 17.5. The lowest BCUT2D eigenvalue weighted by molar-refractivity contribution is -0.0516. The molecule has 3 heteroatoms. The van der Waals surface area contributed by atoms with E-state index in [0.29, 0.717) is 30.0 Å². The van der Waals surface area contributed by atoms with Gasteiger partial charge in [0.25, 0.3) is 0 Å². The maximum atomic E-state index is 9.87. The first-order valence-electron chi connectivity index (χ1n) is 14.5. The first-order valence-corrected chi connectivity index (χ1v) is 14.5. The minimum Gasteiger partial charge on any atom is -0.390 e. The van der Waals surface area contributed by atoms with Gasteiger partial charge in [-0.1, -0.05) is 65.5 Å². The molecule has 9 atom stereocenters. The Bertz CT molecular complexity index is 689. The van der Waals surface area contributed by atoms with Crippen LogP contribution in [-0.4, -0.2) is 30.3 Å². The largest absolute Gasteiger partial charge is 0.390 e. The molecule has 3 nitrogen and oxygen atoms in total. The van der Waals surface area contributed by atoms with Crippen LogP contribution < -0.4 is 11.1 Å². The number of nitrogens with one attached hydrogen (secondary N) is 1. The van der Waals surface area contributed by atoms with Crippen molar-refractivity contribution in [2.45, 2.75) is 117 Å². The number of nitrogens with two attached hydrogens (primary N) is 1. The van der Waals surface area contributed by atoms with Crippen molar-refractivity contribution in [1.29, 1.82) is 0 Å². The van der Waals surface area contributed by atoms with Crippen LogP contribution in [0.1, 0.15) is 105 Å². The molecule has 3 fully saturated rings. The smallest absolute Gasteiger partial charge is 0.0786 e. The molecule has 4 aliphatic carbocycles. The van der Waals surface area contributed by atoms with Crippen molar-refractivity contribution in [3.05, 3.63) is 11.6 Å². The third-order valence-corrected chi connectivity index (χ3v) is 11.2. The van der Waals surface area contributed by atoms with Crippen molar-refractivity contribution in [2.24, 2.45) is 52.1 Å². The summed E-state index contributed by atoms with van der Waals surface area (Å²) >= 11 is 0. The van der Waals surface area contributed by atoms with Gasteiger partial charge in [0.05, 0.1) is 6.10 Å². The predicted molar refractivity (Wildman–Crippen MR) is 140 cm³/mol. The molecule has 0 aliphatic heterocycles.